The minimum Gasteiger partial charge on any atom is -0.423 e. The van der Waals surface area contributed by atoms with Crippen LogP contribution in [0.2, 0.25) is 0 Å². The van der Waals surface area contributed by atoms with E-state index in [1.165, 1.54) is 10.7 Å². The fourth-order valence-electron chi connectivity index (χ4n) is 1.17. The van der Waals surface area contributed by atoms with Crippen molar-refractivity contribution in [2.75, 3.05) is 0 Å². The lowest BCUT2D eigenvalue weighted by Gasteiger charge is -2.04. The summed E-state index contributed by atoms with van der Waals surface area (Å²) in [6.07, 6.45) is 0. The number of ether oxygens (including phenoxy) is 1. The molecule has 6 nitrogen and oxygen atoms in total. The monoisotopic (exact) mass is 223 g/mol. The summed E-state index contributed by atoms with van der Waals surface area (Å²) in [6, 6.07) is 4.62. The van der Waals surface area contributed by atoms with Crippen molar-refractivity contribution in [3.05, 3.63) is 29.6 Å². The first-order valence-corrected chi connectivity index (χ1v) is 4.59. The summed E-state index contributed by atoms with van der Waals surface area (Å²) in [4.78, 5) is 0. The lowest BCUT2D eigenvalue weighted by atomic mass is 10.2. The fraction of sp³-hybridized carbons (Fsp3) is 0.222. The van der Waals surface area contributed by atoms with Crippen LogP contribution < -0.4 is 10.5 Å². The van der Waals surface area contributed by atoms with Crippen LogP contribution >= 0.6 is 0 Å². The Bertz CT molecular complexity index is 498. The molecular weight excluding hydrogens is 213 g/mol. The van der Waals surface area contributed by atoms with E-state index in [-0.39, 0.29) is 12.6 Å². The standard InChI is InChI=1S/C9H10FN5O/c1-15-9(12-13-14-15)16-7-3-2-6(5-11)8(10)4-7/h2-4H,5,11H2,1H3. The van der Waals surface area contributed by atoms with Crippen molar-refractivity contribution in [1.29, 1.82) is 0 Å². The van der Waals surface area contributed by atoms with Gasteiger partial charge in [0.15, 0.2) is 0 Å². The molecule has 0 unspecified atom stereocenters. The summed E-state index contributed by atoms with van der Waals surface area (Å²) < 4.78 is 20.0. The number of aryl methyl sites for hydroxylation is 1. The lowest BCUT2D eigenvalue weighted by molar-refractivity contribution is 0.411. The minimum absolute atomic E-state index is 0.150. The normalized spacial score (nSPS) is 10.4. The molecule has 0 aliphatic carbocycles. The van der Waals surface area contributed by atoms with Gasteiger partial charge in [-0.2, -0.15) is 4.68 Å². The highest BCUT2D eigenvalue weighted by Crippen LogP contribution is 2.20. The molecule has 0 aliphatic rings. The summed E-state index contributed by atoms with van der Waals surface area (Å²) in [7, 11) is 1.62. The number of rotatable bonds is 3. The third kappa shape index (κ3) is 1.98. The number of hydrogen-bond donors (Lipinski definition) is 1. The number of hydrogen-bond acceptors (Lipinski definition) is 5. The molecule has 16 heavy (non-hydrogen) atoms. The van der Waals surface area contributed by atoms with Gasteiger partial charge < -0.3 is 10.5 Å². The second-order valence-electron chi connectivity index (χ2n) is 3.14. The quantitative estimate of drug-likeness (QED) is 0.824. The Labute approximate surface area is 90.8 Å². The van der Waals surface area contributed by atoms with Crippen LogP contribution in [0.3, 0.4) is 0 Å². The Balaban J connectivity index is 2.23. The Hall–Kier alpha value is -2.02. The van der Waals surface area contributed by atoms with Gasteiger partial charge in [0.05, 0.1) is 0 Å². The van der Waals surface area contributed by atoms with E-state index in [1.807, 2.05) is 0 Å². The van der Waals surface area contributed by atoms with E-state index in [4.69, 9.17) is 10.5 Å². The molecule has 0 aliphatic heterocycles. The summed E-state index contributed by atoms with van der Waals surface area (Å²) in [6.45, 7) is 0.150. The van der Waals surface area contributed by atoms with E-state index in [1.54, 1.807) is 19.2 Å². The van der Waals surface area contributed by atoms with E-state index in [9.17, 15) is 4.39 Å². The maximum atomic E-state index is 13.4. The smallest absolute Gasteiger partial charge is 0.340 e. The number of aromatic nitrogens is 4. The SMILES string of the molecule is Cn1nnnc1Oc1ccc(CN)c(F)c1. The molecule has 0 spiro atoms. The zero-order valence-electron chi connectivity index (χ0n) is 8.59. The highest BCUT2D eigenvalue weighted by atomic mass is 19.1. The fourth-order valence-corrected chi connectivity index (χ4v) is 1.17. The number of nitrogens with zero attached hydrogens (tertiary/aromatic N) is 4. The highest BCUT2D eigenvalue weighted by Gasteiger charge is 2.07. The van der Waals surface area contributed by atoms with Crippen molar-refractivity contribution in [3.8, 4) is 11.8 Å². The van der Waals surface area contributed by atoms with Gasteiger partial charge in [-0.25, -0.2) is 4.39 Å². The first kappa shape index (κ1) is 10.5. The third-order valence-electron chi connectivity index (χ3n) is 2.03. The molecule has 1 heterocycles. The van der Waals surface area contributed by atoms with Crippen LogP contribution in [-0.4, -0.2) is 20.2 Å². The lowest BCUT2D eigenvalue weighted by Crippen LogP contribution is -2.00. The maximum absolute atomic E-state index is 13.4. The molecule has 0 amide bonds. The van der Waals surface area contributed by atoms with Crippen molar-refractivity contribution in [2.45, 2.75) is 6.54 Å². The van der Waals surface area contributed by atoms with Crippen molar-refractivity contribution in [3.63, 3.8) is 0 Å². The molecular formula is C9H10FN5O. The van der Waals surface area contributed by atoms with Crippen molar-refractivity contribution < 1.29 is 9.13 Å². The Morgan fingerprint density at radius 1 is 1.50 bits per heavy atom. The Morgan fingerprint density at radius 3 is 2.88 bits per heavy atom. The molecule has 2 aromatic rings. The molecule has 0 saturated heterocycles. The van der Waals surface area contributed by atoms with E-state index in [0.717, 1.165) is 0 Å². The van der Waals surface area contributed by atoms with Crippen LogP contribution in [0.25, 0.3) is 0 Å². The van der Waals surface area contributed by atoms with Gasteiger partial charge in [-0.05, 0) is 16.5 Å². The first-order chi connectivity index (χ1) is 7.70. The summed E-state index contributed by atoms with van der Waals surface area (Å²) >= 11 is 0. The molecule has 0 atom stereocenters. The predicted octanol–water partition coefficient (Wildman–Crippen LogP) is 0.600. The molecule has 1 aromatic heterocycles. The summed E-state index contributed by atoms with van der Waals surface area (Å²) in [5.41, 5.74) is 5.78. The van der Waals surface area contributed by atoms with Gasteiger partial charge in [-0.3, -0.25) is 0 Å². The Kier molecular flexibility index (Phi) is 2.78. The van der Waals surface area contributed by atoms with Crippen molar-refractivity contribution in [2.24, 2.45) is 12.8 Å². The minimum atomic E-state index is -0.407. The van der Waals surface area contributed by atoms with Crippen molar-refractivity contribution in [1.82, 2.24) is 20.2 Å². The third-order valence-corrected chi connectivity index (χ3v) is 2.03. The van der Waals surface area contributed by atoms with Gasteiger partial charge in [0.1, 0.15) is 11.6 Å². The molecule has 0 radical (unpaired) electrons. The molecule has 1 aromatic carbocycles. The van der Waals surface area contributed by atoms with E-state index in [0.29, 0.717) is 11.3 Å². The average Bonchev–Trinajstić information content (AvgIpc) is 2.65. The van der Waals surface area contributed by atoms with Crippen LogP contribution in [0, 0.1) is 5.82 Å². The van der Waals surface area contributed by atoms with Crippen LogP contribution in [0.5, 0.6) is 11.8 Å². The van der Waals surface area contributed by atoms with E-state index >= 15 is 0 Å². The number of tetrazole rings is 1. The summed E-state index contributed by atoms with van der Waals surface area (Å²) in [5.74, 6) is -0.0808. The van der Waals surface area contributed by atoms with E-state index in [2.05, 4.69) is 15.5 Å². The van der Waals surface area contributed by atoms with Gasteiger partial charge in [-0.15, -0.1) is 0 Å². The van der Waals surface area contributed by atoms with Gasteiger partial charge in [0, 0.05) is 25.2 Å². The van der Waals surface area contributed by atoms with Gasteiger partial charge in [-0.1, -0.05) is 11.2 Å². The topological polar surface area (TPSA) is 78.8 Å². The van der Waals surface area contributed by atoms with Crippen molar-refractivity contribution >= 4 is 0 Å². The molecule has 0 saturated carbocycles. The van der Waals surface area contributed by atoms with Crippen LogP contribution in [0.4, 0.5) is 4.39 Å². The molecule has 2 rings (SSSR count). The van der Waals surface area contributed by atoms with Gasteiger partial charge in [0.25, 0.3) is 0 Å². The van der Waals surface area contributed by atoms with Crippen LogP contribution in [-0.2, 0) is 13.6 Å². The molecule has 0 bridgehead atoms. The first-order valence-electron chi connectivity index (χ1n) is 4.59. The zero-order valence-corrected chi connectivity index (χ0v) is 8.59. The second kappa shape index (κ2) is 4.23. The molecule has 84 valence electrons. The van der Waals surface area contributed by atoms with Gasteiger partial charge in [0.2, 0.25) is 0 Å². The molecule has 7 heteroatoms. The van der Waals surface area contributed by atoms with Crippen LogP contribution in [0.15, 0.2) is 18.2 Å². The Morgan fingerprint density at radius 2 is 2.31 bits per heavy atom. The zero-order chi connectivity index (χ0) is 11.5. The molecule has 2 N–H and O–H groups in total. The number of halogens is 1. The second-order valence-corrected chi connectivity index (χ2v) is 3.14. The average molecular weight is 223 g/mol. The maximum Gasteiger partial charge on any atom is 0.340 e. The number of nitrogens with two attached hydrogens (primary N) is 1. The molecule has 0 fully saturated rings. The largest absolute Gasteiger partial charge is 0.423 e. The number of benzene rings is 1. The predicted molar refractivity (Wildman–Crippen MR) is 53.2 cm³/mol. The highest BCUT2D eigenvalue weighted by molar-refractivity contribution is 5.30. The van der Waals surface area contributed by atoms with Gasteiger partial charge >= 0.3 is 6.01 Å². The van der Waals surface area contributed by atoms with E-state index < -0.39 is 5.82 Å². The summed E-state index contributed by atoms with van der Waals surface area (Å²) in [5, 5.41) is 10.6. The van der Waals surface area contributed by atoms with Crippen LogP contribution in [0.1, 0.15) is 5.56 Å².